The number of ether oxygens (including phenoxy) is 1. The van der Waals surface area contributed by atoms with E-state index in [1.54, 1.807) is 0 Å². The first kappa shape index (κ1) is 13.4. The van der Waals surface area contributed by atoms with Crippen LogP contribution in [0.2, 0.25) is 0 Å². The van der Waals surface area contributed by atoms with Crippen LogP contribution in [0.25, 0.3) is 0 Å². The smallest absolute Gasteiger partial charge is 0.264 e. The van der Waals surface area contributed by atoms with Gasteiger partial charge >= 0.3 is 0 Å². The number of hydrogen-bond acceptors (Lipinski definition) is 3. The van der Waals surface area contributed by atoms with E-state index in [-0.39, 0.29) is 12.0 Å². The molecule has 2 aliphatic rings. The van der Waals surface area contributed by atoms with Gasteiger partial charge in [0.25, 0.3) is 5.91 Å². The fourth-order valence-electron chi connectivity index (χ4n) is 3.03. The predicted octanol–water partition coefficient (Wildman–Crippen LogP) is 1.54. The van der Waals surface area contributed by atoms with E-state index in [9.17, 15) is 4.79 Å². The van der Waals surface area contributed by atoms with Gasteiger partial charge in [-0.3, -0.25) is 4.79 Å². The van der Waals surface area contributed by atoms with E-state index in [1.165, 1.54) is 0 Å². The molecule has 0 aromatic heterocycles. The first-order valence-electron chi connectivity index (χ1n) is 7.53. The van der Waals surface area contributed by atoms with Crippen LogP contribution in [0.1, 0.15) is 18.9 Å². The third kappa shape index (κ3) is 2.66. The highest BCUT2D eigenvalue weighted by Gasteiger charge is 2.32. The maximum atomic E-state index is 12.6. The van der Waals surface area contributed by atoms with Gasteiger partial charge in [0.1, 0.15) is 5.75 Å². The van der Waals surface area contributed by atoms with Crippen LogP contribution >= 0.6 is 0 Å². The quantitative estimate of drug-likeness (QED) is 0.820. The Bertz CT molecular complexity index is 464. The molecule has 108 valence electrons. The van der Waals surface area contributed by atoms with Crippen LogP contribution in [-0.4, -0.2) is 54.5 Å². The van der Waals surface area contributed by atoms with Crippen LogP contribution in [0.5, 0.6) is 5.75 Å². The number of carbonyl (C=O) groups is 1. The van der Waals surface area contributed by atoms with Crippen molar-refractivity contribution in [2.45, 2.75) is 25.9 Å². The monoisotopic (exact) mass is 274 g/mol. The van der Waals surface area contributed by atoms with Gasteiger partial charge in [0.15, 0.2) is 6.10 Å². The minimum Gasteiger partial charge on any atom is -0.480 e. The molecule has 0 bridgehead atoms. The molecule has 1 atom stereocenters. The molecule has 4 heteroatoms. The zero-order chi connectivity index (χ0) is 13.9. The van der Waals surface area contributed by atoms with Crippen molar-refractivity contribution in [3.63, 3.8) is 0 Å². The summed E-state index contributed by atoms with van der Waals surface area (Å²) in [5.74, 6) is 1.02. The molecule has 1 aromatic rings. The van der Waals surface area contributed by atoms with Crippen molar-refractivity contribution in [2.75, 3.05) is 32.7 Å². The molecule has 1 saturated heterocycles. The summed E-state index contributed by atoms with van der Waals surface area (Å²) in [4.78, 5) is 17.0. The van der Waals surface area contributed by atoms with Gasteiger partial charge in [0, 0.05) is 26.1 Å². The van der Waals surface area contributed by atoms with Crippen LogP contribution in [0.4, 0.5) is 0 Å². The summed E-state index contributed by atoms with van der Waals surface area (Å²) in [5, 5.41) is 0. The Kier molecular flexibility index (Phi) is 3.92. The number of carbonyl (C=O) groups excluding carboxylic acids is 1. The molecule has 3 rings (SSSR count). The van der Waals surface area contributed by atoms with Crippen molar-refractivity contribution in [3.05, 3.63) is 29.8 Å². The number of amides is 1. The van der Waals surface area contributed by atoms with Gasteiger partial charge in [-0.05, 0) is 31.1 Å². The molecule has 1 aromatic carbocycles. The van der Waals surface area contributed by atoms with E-state index in [4.69, 9.17) is 4.74 Å². The third-order valence-electron chi connectivity index (χ3n) is 4.27. The number of fused-ring (bicyclic) bond motifs is 1. The van der Waals surface area contributed by atoms with E-state index < -0.39 is 0 Å². The molecule has 4 nitrogen and oxygen atoms in total. The van der Waals surface area contributed by atoms with E-state index in [1.807, 2.05) is 29.2 Å². The molecule has 0 radical (unpaired) electrons. The van der Waals surface area contributed by atoms with Gasteiger partial charge in [-0.2, -0.15) is 0 Å². The molecule has 0 N–H and O–H groups in total. The minimum atomic E-state index is -0.319. The Morgan fingerprint density at radius 3 is 2.90 bits per heavy atom. The lowest BCUT2D eigenvalue weighted by molar-refractivity contribution is -0.137. The van der Waals surface area contributed by atoms with Gasteiger partial charge in [-0.15, -0.1) is 0 Å². The van der Waals surface area contributed by atoms with Crippen molar-refractivity contribution in [3.8, 4) is 5.75 Å². The summed E-state index contributed by atoms with van der Waals surface area (Å²) in [6, 6.07) is 7.95. The number of hydrogen-bond donors (Lipinski definition) is 0. The molecule has 0 aliphatic carbocycles. The second kappa shape index (κ2) is 5.83. The van der Waals surface area contributed by atoms with Crippen molar-refractivity contribution >= 4 is 5.91 Å². The van der Waals surface area contributed by atoms with Gasteiger partial charge < -0.3 is 14.5 Å². The van der Waals surface area contributed by atoms with Crippen molar-refractivity contribution in [2.24, 2.45) is 0 Å². The second-order valence-electron chi connectivity index (χ2n) is 5.53. The summed E-state index contributed by atoms with van der Waals surface area (Å²) in [7, 11) is 0. The molecule has 2 aliphatic heterocycles. The van der Waals surface area contributed by atoms with E-state index in [0.29, 0.717) is 6.42 Å². The molecule has 1 fully saturated rings. The first-order chi connectivity index (χ1) is 9.78. The largest absolute Gasteiger partial charge is 0.480 e. The SMILES string of the molecule is CCN1CCCN(C(=O)[C@@H]2Cc3ccccc3O2)CC1. The van der Waals surface area contributed by atoms with Crippen molar-refractivity contribution in [1.82, 2.24) is 9.80 Å². The zero-order valence-electron chi connectivity index (χ0n) is 12.0. The highest BCUT2D eigenvalue weighted by atomic mass is 16.5. The van der Waals surface area contributed by atoms with Crippen LogP contribution < -0.4 is 4.74 Å². The Labute approximate surface area is 120 Å². The highest BCUT2D eigenvalue weighted by molar-refractivity contribution is 5.82. The topological polar surface area (TPSA) is 32.8 Å². The average Bonchev–Trinajstić information content (AvgIpc) is 2.77. The molecule has 0 unspecified atom stereocenters. The first-order valence-corrected chi connectivity index (χ1v) is 7.53. The molecule has 20 heavy (non-hydrogen) atoms. The maximum Gasteiger partial charge on any atom is 0.264 e. The lowest BCUT2D eigenvalue weighted by Gasteiger charge is -2.24. The summed E-state index contributed by atoms with van der Waals surface area (Å²) in [6.45, 7) is 6.98. The molecular weight excluding hydrogens is 252 g/mol. The third-order valence-corrected chi connectivity index (χ3v) is 4.27. The van der Waals surface area contributed by atoms with Crippen LogP contribution in [-0.2, 0) is 11.2 Å². The summed E-state index contributed by atoms with van der Waals surface area (Å²) in [6.07, 6.45) is 1.45. The number of para-hydroxylation sites is 1. The molecule has 0 spiro atoms. The average molecular weight is 274 g/mol. The maximum absolute atomic E-state index is 12.6. The fraction of sp³-hybridized carbons (Fsp3) is 0.562. The standard InChI is InChI=1S/C16H22N2O2/c1-2-17-8-5-9-18(11-10-17)16(19)15-12-13-6-3-4-7-14(13)20-15/h3-4,6-7,15H,2,5,8-12H2,1H3/t15-/m0/s1. The number of likely N-dealkylation sites (N-methyl/N-ethyl adjacent to an activating group) is 1. The Morgan fingerprint density at radius 1 is 1.25 bits per heavy atom. The van der Waals surface area contributed by atoms with Crippen LogP contribution in [0.3, 0.4) is 0 Å². The molecule has 2 heterocycles. The van der Waals surface area contributed by atoms with E-state index >= 15 is 0 Å². The van der Waals surface area contributed by atoms with Crippen LogP contribution in [0.15, 0.2) is 24.3 Å². The Morgan fingerprint density at radius 2 is 2.10 bits per heavy atom. The highest BCUT2D eigenvalue weighted by Crippen LogP contribution is 2.29. The van der Waals surface area contributed by atoms with Gasteiger partial charge in [-0.25, -0.2) is 0 Å². The predicted molar refractivity (Wildman–Crippen MR) is 77.9 cm³/mol. The lowest BCUT2D eigenvalue weighted by atomic mass is 10.1. The summed E-state index contributed by atoms with van der Waals surface area (Å²) in [5.41, 5.74) is 1.15. The van der Waals surface area contributed by atoms with Crippen LogP contribution in [0, 0.1) is 0 Å². The van der Waals surface area contributed by atoms with E-state index in [0.717, 1.165) is 50.5 Å². The fourth-order valence-corrected chi connectivity index (χ4v) is 3.03. The second-order valence-corrected chi connectivity index (χ2v) is 5.53. The number of rotatable bonds is 2. The van der Waals surface area contributed by atoms with Gasteiger partial charge in [0.05, 0.1) is 0 Å². The molecule has 0 saturated carbocycles. The van der Waals surface area contributed by atoms with Crippen molar-refractivity contribution in [1.29, 1.82) is 0 Å². The van der Waals surface area contributed by atoms with Gasteiger partial charge in [-0.1, -0.05) is 25.1 Å². The summed E-state index contributed by atoms with van der Waals surface area (Å²) < 4.78 is 5.81. The van der Waals surface area contributed by atoms with E-state index in [2.05, 4.69) is 11.8 Å². The lowest BCUT2D eigenvalue weighted by Crippen LogP contribution is -2.43. The minimum absolute atomic E-state index is 0.152. The number of benzene rings is 1. The Balaban J connectivity index is 1.63. The normalized spacial score (nSPS) is 23.1. The number of nitrogens with zero attached hydrogens (tertiary/aromatic N) is 2. The zero-order valence-corrected chi connectivity index (χ0v) is 12.0. The van der Waals surface area contributed by atoms with Crippen molar-refractivity contribution < 1.29 is 9.53 Å². The molecule has 1 amide bonds. The Hall–Kier alpha value is -1.55. The summed E-state index contributed by atoms with van der Waals surface area (Å²) >= 11 is 0. The van der Waals surface area contributed by atoms with Gasteiger partial charge in [0.2, 0.25) is 0 Å². The molecular formula is C16H22N2O2.